The van der Waals surface area contributed by atoms with Crippen LogP contribution in [-0.2, 0) is 11.3 Å². The summed E-state index contributed by atoms with van der Waals surface area (Å²) in [6.07, 6.45) is 0. The third-order valence-corrected chi connectivity index (χ3v) is 4.13. The number of halogens is 1. The third kappa shape index (κ3) is 3.90. The SMILES string of the molecule is Cc1nn(C[C@@H](C)C(=O)Nc2ccc(C(=O)O)cc2)c(C)c1Cl. The molecule has 0 aliphatic carbocycles. The summed E-state index contributed by atoms with van der Waals surface area (Å²) in [5.74, 6) is -1.49. The monoisotopic (exact) mass is 335 g/mol. The van der Waals surface area contributed by atoms with Crippen LogP contribution in [0, 0.1) is 19.8 Å². The average molecular weight is 336 g/mol. The van der Waals surface area contributed by atoms with Crippen LogP contribution in [0.25, 0.3) is 0 Å². The van der Waals surface area contributed by atoms with Crippen molar-refractivity contribution in [3.05, 3.63) is 46.2 Å². The Morgan fingerprint density at radius 1 is 1.30 bits per heavy atom. The molecule has 0 aliphatic rings. The number of carboxylic acid groups (broad SMARTS) is 1. The number of aromatic nitrogens is 2. The van der Waals surface area contributed by atoms with E-state index in [9.17, 15) is 9.59 Å². The fourth-order valence-corrected chi connectivity index (χ4v) is 2.29. The first-order valence-corrected chi connectivity index (χ1v) is 7.51. The van der Waals surface area contributed by atoms with Gasteiger partial charge in [0, 0.05) is 5.69 Å². The fourth-order valence-electron chi connectivity index (χ4n) is 2.16. The van der Waals surface area contributed by atoms with Crippen molar-refractivity contribution in [2.75, 3.05) is 5.32 Å². The van der Waals surface area contributed by atoms with Gasteiger partial charge in [-0.1, -0.05) is 18.5 Å². The van der Waals surface area contributed by atoms with E-state index < -0.39 is 5.97 Å². The second-order valence-electron chi connectivity index (χ2n) is 5.44. The highest BCUT2D eigenvalue weighted by atomic mass is 35.5. The van der Waals surface area contributed by atoms with E-state index in [1.54, 1.807) is 23.7 Å². The summed E-state index contributed by atoms with van der Waals surface area (Å²) in [6, 6.07) is 6.02. The highest BCUT2D eigenvalue weighted by Crippen LogP contribution is 2.20. The maximum absolute atomic E-state index is 12.2. The first-order chi connectivity index (χ1) is 10.8. The molecule has 122 valence electrons. The van der Waals surface area contributed by atoms with Crippen molar-refractivity contribution in [1.82, 2.24) is 9.78 Å². The summed E-state index contributed by atoms with van der Waals surface area (Å²) in [4.78, 5) is 23.0. The lowest BCUT2D eigenvalue weighted by Gasteiger charge is -2.13. The molecule has 2 rings (SSSR count). The minimum Gasteiger partial charge on any atom is -0.478 e. The molecule has 0 saturated heterocycles. The van der Waals surface area contributed by atoms with E-state index in [4.69, 9.17) is 16.7 Å². The number of carboxylic acids is 1. The molecule has 0 saturated carbocycles. The van der Waals surface area contributed by atoms with E-state index in [-0.39, 0.29) is 17.4 Å². The highest BCUT2D eigenvalue weighted by Gasteiger charge is 2.17. The summed E-state index contributed by atoms with van der Waals surface area (Å²) in [6.45, 7) is 5.89. The molecule has 1 atom stereocenters. The number of hydrogen-bond donors (Lipinski definition) is 2. The van der Waals surface area contributed by atoms with Gasteiger partial charge in [-0.25, -0.2) is 4.79 Å². The Balaban J connectivity index is 2.02. The van der Waals surface area contributed by atoms with Gasteiger partial charge in [0.2, 0.25) is 5.91 Å². The number of hydrogen-bond acceptors (Lipinski definition) is 3. The lowest BCUT2D eigenvalue weighted by atomic mass is 10.1. The second-order valence-corrected chi connectivity index (χ2v) is 5.82. The van der Waals surface area contributed by atoms with E-state index in [1.807, 2.05) is 13.8 Å². The third-order valence-electron chi connectivity index (χ3n) is 3.59. The van der Waals surface area contributed by atoms with Crippen molar-refractivity contribution in [2.24, 2.45) is 5.92 Å². The molecule has 1 amide bonds. The number of aryl methyl sites for hydroxylation is 1. The Hall–Kier alpha value is -2.34. The summed E-state index contributed by atoms with van der Waals surface area (Å²) >= 11 is 6.10. The van der Waals surface area contributed by atoms with Gasteiger partial charge < -0.3 is 10.4 Å². The largest absolute Gasteiger partial charge is 0.478 e. The van der Waals surface area contributed by atoms with Crippen LogP contribution < -0.4 is 5.32 Å². The smallest absolute Gasteiger partial charge is 0.335 e. The Labute approximate surface area is 139 Å². The van der Waals surface area contributed by atoms with Crippen LogP contribution in [0.1, 0.15) is 28.7 Å². The van der Waals surface area contributed by atoms with Gasteiger partial charge in [0.25, 0.3) is 0 Å². The van der Waals surface area contributed by atoms with Gasteiger partial charge in [0.1, 0.15) is 0 Å². The average Bonchev–Trinajstić information content (AvgIpc) is 2.75. The second kappa shape index (κ2) is 6.83. The van der Waals surface area contributed by atoms with Crippen LogP contribution in [-0.4, -0.2) is 26.8 Å². The molecule has 23 heavy (non-hydrogen) atoms. The summed E-state index contributed by atoms with van der Waals surface area (Å²) < 4.78 is 1.72. The molecule has 0 aliphatic heterocycles. The van der Waals surface area contributed by atoms with E-state index in [0.29, 0.717) is 17.3 Å². The van der Waals surface area contributed by atoms with Gasteiger partial charge in [-0.15, -0.1) is 0 Å². The van der Waals surface area contributed by atoms with Gasteiger partial charge in [-0.05, 0) is 38.1 Å². The van der Waals surface area contributed by atoms with Crippen molar-refractivity contribution in [2.45, 2.75) is 27.3 Å². The zero-order valence-electron chi connectivity index (χ0n) is 13.1. The molecule has 0 bridgehead atoms. The maximum atomic E-state index is 12.2. The Morgan fingerprint density at radius 3 is 2.39 bits per heavy atom. The van der Waals surface area contributed by atoms with E-state index in [0.717, 1.165) is 11.4 Å². The standard InChI is InChI=1S/C16H18ClN3O3/c1-9(8-20-11(3)14(17)10(2)19-20)15(21)18-13-6-4-12(5-7-13)16(22)23/h4-7,9H,8H2,1-3H3,(H,18,21)(H,22,23)/t9-/m1/s1. The number of amides is 1. The lowest BCUT2D eigenvalue weighted by Crippen LogP contribution is -2.25. The van der Waals surface area contributed by atoms with Crippen molar-refractivity contribution in [3.63, 3.8) is 0 Å². The Bertz CT molecular complexity index is 738. The number of anilines is 1. The Kier molecular flexibility index (Phi) is 5.05. The summed E-state index contributed by atoms with van der Waals surface area (Å²) in [5, 5.41) is 16.5. The van der Waals surface area contributed by atoms with Crippen molar-refractivity contribution >= 4 is 29.2 Å². The first kappa shape index (κ1) is 17.0. The molecule has 0 radical (unpaired) electrons. The molecule has 2 aromatic rings. The number of rotatable bonds is 5. The number of benzene rings is 1. The maximum Gasteiger partial charge on any atom is 0.335 e. The molecule has 6 nitrogen and oxygen atoms in total. The number of nitrogens with zero attached hydrogens (tertiary/aromatic N) is 2. The zero-order chi connectivity index (χ0) is 17.1. The fraction of sp³-hybridized carbons (Fsp3) is 0.312. The van der Waals surface area contributed by atoms with E-state index in [1.165, 1.54) is 12.1 Å². The number of carbonyl (C=O) groups excluding carboxylic acids is 1. The van der Waals surface area contributed by atoms with Gasteiger partial charge in [0.05, 0.1) is 34.4 Å². The van der Waals surface area contributed by atoms with Gasteiger partial charge in [0.15, 0.2) is 0 Å². The van der Waals surface area contributed by atoms with Crippen molar-refractivity contribution in [3.8, 4) is 0 Å². The minimum absolute atomic E-state index is 0.170. The van der Waals surface area contributed by atoms with Crippen LogP contribution in [0.15, 0.2) is 24.3 Å². The number of carbonyl (C=O) groups is 2. The molecule has 7 heteroatoms. The normalized spacial score (nSPS) is 12.0. The quantitative estimate of drug-likeness (QED) is 0.879. The molecule has 0 unspecified atom stereocenters. The van der Waals surface area contributed by atoms with Crippen LogP contribution >= 0.6 is 11.6 Å². The first-order valence-electron chi connectivity index (χ1n) is 7.13. The van der Waals surface area contributed by atoms with Crippen molar-refractivity contribution in [1.29, 1.82) is 0 Å². The molecule has 1 aromatic carbocycles. The zero-order valence-corrected chi connectivity index (χ0v) is 13.9. The van der Waals surface area contributed by atoms with Gasteiger partial charge in [-0.2, -0.15) is 5.10 Å². The summed E-state index contributed by atoms with van der Waals surface area (Å²) in [7, 11) is 0. The Morgan fingerprint density at radius 2 is 1.91 bits per heavy atom. The molecule has 0 fully saturated rings. The number of aromatic carboxylic acids is 1. The highest BCUT2D eigenvalue weighted by molar-refractivity contribution is 6.31. The number of nitrogens with one attached hydrogen (secondary N) is 1. The molecule has 1 heterocycles. The van der Waals surface area contributed by atoms with Crippen LogP contribution in [0.5, 0.6) is 0 Å². The topological polar surface area (TPSA) is 84.2 Å². The van der Waals surface area contributed by atoms with Crippen LogP contribution in [0.3, 0.4) is 0 Å². The van der Waals surface area contributed by atoms with Gasteiger partial charge in [-0.3, -0.25) is 9.48 Å². The predicted molar refractivity (Wildman–Crippen MR) is 87.9 cm³/mol. The molecular weight excluding hydrogens is 318 g/mol. The van der Waals surface area contributed by atoms with Gasteiger partial charge >= 0.3 is 5.97 Å². The summed E-state index contributed by atoms with van der Waals surface area (Å²) in [5.41, 5.74) is 2.29. The molecule has 1 aromatic heterocycles. The minimum atomic E-state index is -1.00. The predicted octanol–water partition coefficient (Wildman–Crippen LogP) is 3.13. The molecule has 0 spiro atoms. The molecular formula is C16H18ClN3O3. The van der Waals surface area contributed by atoms with Crippen LogP contribution in [0.4, 0.5) is 5.69 Å². The lowest BCUT2D eigenvalue weighted by molar-refractivity contribution is -0.119. The van der Waals surface area contributed by atoms with Crippen LogP contribution in [0.2, 0.25) is 5.02 Å². The van der Waals surface area contributed by atoms with E-state index in [2.05, 4.69) is 10.4 Å². The van der Waals surface area contributed by atoms with Crippen molar-refractivity contribution < 1.29 is 14.7 Å². The van der Waals surface area contributed by atoms with E-state index >= 15 is 0 Å². The molecule has 2 N–H and O–H groups in total.